The highest BCUT2D eigenvalue weighted by atomic mass is 14.9. The Bertz CT molecular complexity index is 596. The Morgan fingerprint density at radius 1 is 1.15 bits per heavy atom. The van der Waals surface area contributed by atoms with Crippen molar-refractivity contribution in [2.45, 2.75) is 39.0 Å². The van der Waals surface area contributed by atoms with Crippen molar-refractivity contribution in [1.82, 2.24) is 0 Å². The molecule has 0 aliphatic rings. The van der Waals surface area contributed by atoms with E-state index in [0.29, 0.717) is 0 Å². The zero-order valence-electron chi connectivity index (χ0n) is 12.9. The zero-order valence-corrected chi connectivity index (χ0v) is 12.9. The van der Waals surface area contributed by atoms with Crippen molar-refractivity contribution in [1.29, 1.82) is 0 Å². The highest BCUT2D eigenvalue weighted by Gasteiger charge is 2.24. The van der Waals surface area contributed by atoms with Crippen LogP contribution in [-0.4, -0.2) is 6.54 Å². The quantitative estimate of drug-likeness (QED) is 0.680. The number of fused-ring (bicyclic) bond motifs is 1. The average molecular weight is 267 g/mol. The van der Waals surface area contributed by atoms with Crippen LogP contribution in [0.2, 0.25) is 0 Å². The van der Waals surface area contributed by atoms with Gasteiger partial charge >= 0.3 is 0 Å². The van der Waals surface area contributed by atoms with E-state index in [1.54, 1.807) is 0 Å². The standard InChI is InChI=1S/C19H25N/c1-5-13-19(3,4)18-16-10-8-7-9-15(16)11-12-17(18)20-14-6-2/h5,7-12,20H,1,6,13-14H2,2-4H3. The molecule has 0 spiro atoms. The molecule has 0 unspecified atom stereocenters. The van der Waals surface area contributed by atoms with Crippen molar-refractivity contribution >= 4 is 16.5 Å². The third-order valence-electron chi connectivity index (χ3n) is 3.83. The van der Waals surface area contributed by atoms with Gasteiger partial charge in [0, 0.05) is 12.2 Å². The van der Waals surface area contributed by atoms with E-state index in [0.717, 1.165) is 19.4 Å². The topological polar surface area (TPSA) is 12.0 Å². The van der Waals surface area contributed by atoms with Gasteiger partial charge in [0.25, 0.3) is 0 Å². The summed E-state index contributed by atoms with van der Waals surface area (Å²) in [7, 11) is 0. The van der Waals surface area contributed by atoms with E-state index < -0.39 is 0 Å². The Morgan fingerprint density at radius 2 is 1.90 bits per heavy atom. The van der Waals surface area contributed by atoms with E-state index >= 15 is 0 Å². The van der Waals surface area contributed by atoms with Gasteiger partial charge in [-0.1, -0.05) is 57.2 Å². The van der Waals surface area contributed by atoms with Crippen molar-refractivity contribution in [3.05, 3.63) is 54.6 Å². The number of benzene rings is 2. The first-order valence-corrected chi connectivity index (χ1v) is 7.47. The molecule has 0 atom stereocenters. The first kappa shape index (κ1) is 14.6. The molecular formula is C19H25N. The number of nitrogens with one attached hydrogen (secondary N) is 1. The van der Waals surface area contributed by atoms with Crippen molar-refractivity contribution < 1.29 is 0 Å². The van der Waals surface area contributed by atoms with Crippen LogP contribution < -0.4 is 5.32 Å². The van der Waals surface area contributed by atoms with E-state index in [2.05, 4.69) is 69.1 Å². The van der Waals surface area contributed by atoms with Crippen LogP contribution in [0.25, 0.3) is 10.8 Å². The molecule has 1 heteroatoms. The Balaban J connectivity index is 2.63. The second kappa shape index (κ2) is 6.13. The molecular weight excluding hydrogens is 242 g/mol. The van der Waals surface area contributed by atoms with Crippen LogP contribution in [0.15, 0.2) is 49.1 Å². The number of hydrogen-bond donors (Lipinski definition) is 1. The minimum atomic E-state index is 0.0820. The second-order valence-electron chi connectivity index (χ2n) is 6.01. The molecule has 0 bridgehead atoms. The van der Waals surface area contributed by atoms with Crippen molar-refractivity contribution in [3.8, 4) is 0 Å². The molecule has 106 valence electrons. The van der Waals surface area contributed by atoms with E-state index in [1.807, 2.05) is 6.08 Å². The molecule has 0 amide bonds. The maximum atomic E-state index is 3.92. The molecule has 0 aromatic heterocycles. The van der Waals surface area contributed by atoms with Crippen LogP contribution in [0.1, 0.15) is 39.2 Å². The van der Waals surface area contributed by atoms with Gasteiger partial charge in [-0.05, 0) is 40.7 Å². The van der Waals surface area contributed by atoms with E-state index in [1.165, 1.54) is 22.0 Å². The average Bonchev–Trinajstić information content (AvgIpc) is 2.44. The molecule has 20 heavy (non-hydrogen) atoms. The largest absolute Gasteiger partial charge is 0.385 e. The molecule has 0 radical (unpaired) electrons. The van der Waals surface area contributed by atoms with E-state index in [-0.39, 0.29) is 5.41 Å². The van der Waals surface area contributed by atoms with Gasteiger partial charge in [-0.25, -0.2) is 0 Å². The Hall–Kier alpha value is -1.76. The fourth-order valence-electron chi connectivity index (χ4n) is 2.87. The van der Waals surface area contributed by atoms with Gasteiger partial charge in [-0.3, -0.25) is 0 Å². The summed E-state index contributed by atoms with van der Waals surface area (Å²) in [6.45, 7) is 11.7. The molecule has 1 N–H and O–H groups in total. The van der Waals surface area contributed by atoms with Crippen LogP contribution in [0.5, 0.6) is 0 Å². The maximum absolute atomic E-state index is 3.92. The van der Waals surface area contributed by atoms with Gasteiger partial charge in [-0.15, -0.1) is 6.58 Å². The fourth-order valence-corrected chi connectivity index (χ4v) is 2.87. The van der Waals surface area contributed by atoms with Crippen LogP contribution in [-0.2, 0) is 5.41 Å². The molecule has 0 saturated heterocycles. The summed E-state index contributed by atoms with van der Waals surface area (Å²) in [6.07, 6.45) is 4.13. The summed E-state index contributed by atoms with van der Waals surface area (Å²) in [6, 6.07) is 13.1. The van der Waals surface area contributed by atoms with Gasteiger partial charge in [-0.2, -0.15) is 0 Å². The third kappa shape index (κ3) is 2.87. The van der Waals surface area contributed by atoms with Gasteiger partial charge < -0.3 is 5.32 Å². The van der Waals surface area contributed by atoms with Crippen molar-refractivity contribution in [2.75, 3.05) is 11.9 Å². The molecule has 0 aliphatic heterocycles. The first-order chi connectivity index (χ1) is 9.60. The minimum absolute atomic E-state index is 0.0820. The van der Waals surface area contributed by atoms with Gasteiger partial charge in [0.05, 0.1) is 0 Å². The SMILES string of the molecule is C=CCC(C)(C)c1c(NCCC)ccc2ccccc12. The molecule has 0 heterocycles. The predicted octanol–water partition coefficient (Wildman–Crippen LogP) is 5.52. The third-order valence-corrected chi connectivity index (χ3v) is 3.83. The Kier molecular flexibility index (Phi) is 4.49. The number of allylic oxidation sites excluding steroid dienone is 1. The minimum Gasteiger partial charge on any atom is -0.385 e. The molecule has 0 aliphatic carbocycles. The summed E-state index contributed by atoms with van der Waals surface area (Å²) >= 11 is 0. The normalized spacial score (nSPS) is 11.6. The maximum Gasteiger partial charge on any atom is 0.0384 e. The lowest BCUT2D eigenvalue weighted by molar-refractivity contribution is 0.540. The Morgan fingerprint density at radius 3 is 2.60 bits per heavy atom. The van der Waals surface area contributed by atoms with Crippen LogP contribution in [0.4, 0.5) is 5.69 Å². The van der Waals surface area contributed by atoms with Crippen LogP contribution in [0.3, 0.4) is 0 Å². The molecule has 2 rings (SSSR count). The van der Waals surface area contributed by atoms with E-state index in [9.17, 15) is 0 Å². The monoisotopic (exact) mass is 267 g/mol. The van der Waals surface area contributed by atoms with Crippen LogP contribution in [0, 0.1) is 0 Å². The molecule has 1 nitrogen and oxygen atoms in total. The first-order valence-electron chi connectivity index (χ1n) is 7.47. The number of hydrogen-bond acceptors (Lipinski definition) is 1. The lowest BCUT2D eigenvalue weighted by Gasteiger charge is -2.29. The summed E-state index contributed by atoms with van der Waals surface area (Å²) < 4.78 is 0. The molecule has 0 saturated carbocycles. The lowest BCUT2D eigenvalue weighted by atomic mass is 9.78. The fraction of sp³-hybridized carbons (Fsp3) is 0.368. The van der Waals surface area contributed by atoms with Crippen molar-refractivity contribution in [2.24, 2.45) is 0 Å². The molecule has 0 fully saturated rings. The smallest absolute Gasteiger partial charge is 0.0384 e. The lowest BCUT2D eigenvalue weighted by Crippen LogP contribution is -2.19. The van der Waals surface area contributed by atoms with E-state index in [4.69, 9.17) is 0 Å². The summed E-state index contributed by atoms with van der Waals surface area (Å²) in [5.41, 5.74) is 2.75. The highest BCUT2D eigenvalue weighted by molar-refractivity contribution is 5.91. The van der Waals surface area contributed by atoms with Gasteiger partial charge in [0.1, 0.15) is 0 Å². The molecule has 2 aromatic rings. The highest BCUT2D eigenvalue weighted by Crippen LogP contribution is 2.38. The second-order valence-corrected chi connectivity index (χ2v) is 6.01. The summed E-state index contributed by atoms with van der Waals surface area (Å²) in [5, 5.41) is 6.24. The molecule has 2 aromatic carbocycles. The predicted molar refractivity (Wildman–Crippen MR) is 90.6 cm³/mol. The van der Waals surface area contributed by atoms with Crippen LogP contribution >= 0.6 is 0 Å². The van der Waals surface area contributed by atoms with Gasteiger partial charge in [0.2, 0.25) is 0 Å². The summed E-state index contributed by atoms with van der Waals surface area (Å²) in [4.78, 5) is 0. The number of anilines is 1. The Labute approximate surface area is 122 Å². The number of rotatable bonds is 6. The summed E-state index contributed by atoms with van der Waals surface area (Å²) in [5.74, 6) is 0. The van der Waals surface area contributed by atoms with Crippen molar-refractivity contribution in [3.63, 3.8) is 0 Å². The van der Waals surface area contributed by atoms with Gasteiger partial charge in [0.15, 0.2) is 0 Å². The zero-order chi connectivity index (χ0) is 14.6.